The minimum atomic E-state index is -0.263. The first-order chi connectivity index (χ1) is 8.29. The molecule has 0 atom stereocenters. The summed E-state index contributed by atoms with van der Waals surface area (Å²) in [4.78, 5) is 11.6. The number of carbonyl (C=O) groups is 1. The van der Waals surface area contributed by atoms with Crippen LogP contribution < -0.4 is 5.32 Å². The zero-order valence-electron chi connectivity index (χ0n) is 8.75. The van der Waals surface area contributed by atoms with E-state index < -0.39 is 0 Å². The first kappa shape index (κ1) is 11.2. The van der Waals surface area contributed by atoms with Gasteiger partial charge in [0.15, 0.2) is 5.69 Å². The molecule has 0 unspecified atom stereocenters. The lowest BCUT2D eigenvalue weighted by Gasteiger charge is -2.03. The fourth-order valence-electron chi connectivity index (χ4n) is 1.29. The maximum Gasteiger partial charge on any atom is 0.273 e. The van der Waals surface area contributed by atoms with Crippen molar-refractivity contribution in [2.24, 2.45) is 0 Å². The Morgan fingerprint density at radius 3 is 3.12 bits per heavy atom. The van der Waals surface area contributed by atoms with Crippen molar-refractivity contribution in [3.8, 4) is 6.07 Å². The number of rotatable bonds is 3. The molecule has 84 valence electrons. The van der Waals surface area contributed by atoms with Gasteiger partial charge in [0.05, 0.1) is 11.6 Å². The van der Waals surface area contributed by atoms with Crippen LogP contribution >= 0.6 is 11.5 Å². The lowest BCUT2D eigenvalue weighted by molar-refractivity contribution is 0.0946. The normalized spacial score (nSPS) is 9.59. The minimum absolute atomic E-state index is 0.263. The standard InChI is InChI=1S/C11H8N4OS/c12-5-8-2-1-3-9(4-8)6-13-11(16)10-7-17-15-14-10/h1-4,7H,6H2,(H,13,16). The number of aromatic nitrogens is 2. The molecule has 1 heterocycles. The fraction of sp³-hybridized carbons (Fsp3) is 0.0909. The predicted molar refractivity (Wildman–Crippen MR) is 62.2 cm³/mol. The van der Waals surface area contributed by atoms with Crippen molar-refractivity contribution in [2.45, 2.75) is 6.54 Å². The summed E-state index contributed by atoms with van der Waals surface area (Å²) in [5.74, 6) is -0.263. The molecule has 2 aromatic rings. The molecule has 0 fully saturated rings. The number of nitrogens with one attached hydrogen (secondary N) is 1. The SMILES string of the molecule is N#Cc1cccc(CNC(=O)c2csnn2)c1. The summed E-state index contributed by atoms with van der Waals surface area (Å²) in [5, 5.41) is 16.7. The molecule has 1 N–H and O–H groups in total. The molecule has 0 radical (unpaired) electrons. The van der Waals surface area contributed by atoms with Gasteiger partial charge in [0.1, 0.15) is 0 Å². The predicted octanol–water partition coefficient (Wildman–Crippen LogP) is 1.34. The Labute approximate surface area is 102 Å². The van der Waals surface area contributed by atoms with E-state index in [0.717, 1.165) is 17.1 Å². The van der Waals surface area contributed by atoms with Crippen LogP contribution in [0.3, 0.4) is 0 Å². The van der Waals surface area contributed by atoms with E-state index in [1.165, 1.54) is 0 Å². The first-order valence-corrected chi connectivity index (χ1v) is 5.67. The van der Waals surface area contributed by atoms with Gasteiger partial charge in [-0.2, -0.15) is 5.26 Å². The van der Waals surface area contributed by atoms with Crippen molar-refractivity contribution in [3.05, 3.63) is 46.5 Å². The lowest BCUT2D eigenvalue weighted by atomic mass is 10.1. The van der Waals surface area contributed by atoms with Crippen LogP contribution in [0, 0.1) is 11.3 Å². The van der Waals surface area contributed by atoms with Crippen molar-refractivity contribution in [1.29, 1.82) is 5.26 Å². The number of nitriles is 1. The highest BCUT2D eigenvalue weighted by Crippen LogP contribution is 2.04. The van der Waals surface area contributed by atoms with Crippen molar-refractivity contribution in [1.82, 2.24) is 14.9 Å². The zero-order valence-corrected chi connectivity index (χ0v) is 9.57. The summed E-state index contributed by atoms with van der Waals surface area (Å²) >= 11 is 1.13. The smallest absolute Gasteiger partial charge is 0.273 e. The Morgan fingerprint density at radius 2 is 2.41 bits per heavy atom. The van der Waals surface area contributed by atoms with Crippen LogP contribution in [-0.2, 0) is 6.54 Å². The third kappa shape index (κ3) is 2.86. The van der Waals surface area contributed by atoms with E-state index in [0.29, 0.717) is 17.8 Å². The molecule has 6 heteroatoms. The van der Waals surface area contributed by atoms with Crippen LogP contribution in [0.1, 0.15) is 21.6 Å². The molecule has 0 spiro atoms. The molecule has 1 aromatic heterocycles. The second kappa shape index (κ2) is 5.18. The van der Waals surface area contributed by atoms with E-state index in [1.54, 1.807) is 23.6 Å². The molecular formula is C11H8N4OS. The molecule has 5 nitrogen and oxygen atoms in total. The quantitative estimate of drug-likeness (QED) is 0.883. The summed E-state index contributed by atoms with van der Waals surface area (Å²) in [7, 11) is 0. The van der Waals surface area contributed by atoms with Gasteiger partial charge >= 0.3 is 0 Å². The minimum Gasteiger partial charge on any atom is -0.347 e. The Hall–Kier alpha value is -2.26. The maximum atomic E-state index is 11.6. The highest BCUT2D eigenvalue weighted by atomic mass is 32.1. The van der Waals surface area contributed by atoms with Gasteiger partial charge in [-0.15, -0.1) is 5.10 Å². The van der Waals surface area contributed by atoms with Gasteiger partial charge in [0, 0.05) is 11.9 Å². The van der Waals surface area contributed by atoms with Crippen LogP contribution in [0.25, 0.3) is 0 Å². The molecule has 0 saturated carbocycles. The summed E-state index contributed by atoms with van der Waals surface area (Å²) in [6, 6.07) is 9.13. The van der Waals surface area contributed by atoms with Gasteiger partial charge in [-0.3, -0.25) is 4.79 Å². The number of hydrogen-bond donors (Lipinski definition) is 1. The second-order valence-electron chi connectivity index (χ2n) is 3.29. The fourth-order valence-corrected chi connectivity index (χ4v) is 1.72. The third-order valence-electron chi connectivity index (χ3n) is 2.10. The van der Waals surface area contributed by atoms with Gasteiger partial charge in [0.25, 0.3) is 5.91 Å². The van der Waals surface area contributed by atoms with E-state index in [1.807, 2.05) is 12.1 Å². The van der Waals surface area contributed by atoms with Crippen LogP contribution in [-0.4, -0.2) is 15.5 Å². The molecule has 0 saturated heterocycles. The monoisotopic (exact) mass is 244 g/mol. The Balaban J connectivity index is 1.98. The van der Waals surface area contributed by atoms with E-state index in [2.05, 4.69) is 14.9 Å². The van der Waals surface area contributed by atoms with E-state index in [-0.39, 0.29) is 5.91 Å². The van der Waals surface area contributed by atoms with E-state index >= 15 is 0 Å². The Bertz CT molecular complexity index is 559. The Morgan fingerprint density at radius 1 is 1.53 bits per heavy atom. The average molecular weight is 244 g/mol. The van der Waals surface area contributed by atoms with Crippen LogP contribution in [0.5, 0.6) is 0 Å². The summed E-state index contributed by atoms with van der Waals surface area (Å²) in [6.45, 7) is 0.367. The molecule has 0 aliphatic heterocycles. The highest BCUT2D eigenvalue weighted by Gasteiger charge is 2.07. The van der Waals surface area contributed by atoms with Crippen molar-refractivity contribution < 1.29 is 4.79 Å². The third-order valence-corrected chi connectivity index (χ3v) is 2.61. The van der Waals surface area contributed by atoms with E-state index in [9.17, 15) is 4.79 Å². The molecule has 17 heavy (non-hydrogen) atoms. The average Bonchev–Trinajstić information content (AvgIpc) is 2.90. The summed E-state index contributed by atoms with van der Waals surface area (Å²) in [5.41, 5.74) is 1.76. The molecule has 0 aliphatic rings. The van der Waals surface area contributed by atoms with Crippen molar-refractivity contribution in [2.75, 3.05) is 0 Å². The Kier molecular flexibility index (Phi) is 3.43. The van der Waals surface area contributed by atoms with Gasteiger partial charge in [-0.25, -0.2) is 0 Å². The second-order valence-corrected chi connectivity index (χ2v) is 3.89. The number of benzene rings is 1. The summed E-state index contributed by atoms with van der Waals surface area (Å²) < 4.78 is 3.61. The molecule has 0 aliphatic carbocycles. The van der Waals surface area contributed by atoms with Crippen LogP contribution in [0.15, 0.2) is 29.6 Å². The number of carbonyl (C=O) groups excluding carboxylic acids is 1. The van der Waals surface area contributed by atoms with Gasteiger partial charge < -0.3 is 5.32 Å². The van der Waals surface area contributed by atoms with E-state index in [4.69, 9.17) is 5.26 Å². The zero-order chi connectivity index (χ0) is 12.1. The molecule has 0 bridgehead atoms. The maximum absolute atomic E-state index is 11.6. The molecule has 2 rings (SSSR count). The largest absolute Gasteiger partial charge is 0.347 e. The van der Waals surface area contributed by atoms with Gasteiger partial charge in [-0.05, 0) is 29.2 Å². The summed E-state index contributed by atoms with van der Waals surface area (Å²) in [6.07, 6.45) is 0. The number of amides is 1. The van der Waals surface area contributed by atoms with Gasteiger partial charge in [0.2, 0.25) is 0 Å². The molecule has 1 aromatic carbocycles. The van der Waals surface area contributed by atoms with Crippen molar-refractivity contribution in [3.63, 3.8) is 0 Å². The molecule has 1 amide bonds. The highest BCUT2D eigenvalue weighted by molar-refractivity contribution is 7.03. The lowest BCUT2D eigenvalue weighted by Crippen LogP contribution is -2.23. The van der Waals surface area contributed by atoms with Crippen molar-refractivity contribution >= 4 is 17.4 Å². The molecular weight excluding hydrogens is 236 g/mol. The number of nitrogens with zero attached hydrogens (tertiary/aromatic N) is 3. The first-order valence-electron chi connectivity index (χ1n) is 4.84. The van der Waals surface area contributed by atoms with Crippen LogP contribution in [0.2, 0.25) is 0 Å². The topological polar surface area (TPSA) is 78.7 Å². The van der Waals surface area contributed by atoms with Gasteiger partial charge in [-0.1, -0.05) is 16.6 Å². The van der Waals surface area contributed by atoms with Crippen LogP contribution in [0.4, 0.5) is 0 Å². The number of hydrogen-bond acceptors (Lipinski definition) is 5.